The summed E-state index contributed by atoms with van der Waals surface area (Å²) >= 11 is 0. The summed E-state index contributed by atoms with van der Waals surface area (Å²) in [4.78, 5) is 72.5. The summed E-state index contributed by atoms with van der Waals surface area (Å²) in [7, 11) is 0. The molecule has 4 unspecified atom stereocenters. The second-order valence-electron chi connectivity index (χ2n) is 24.5. The SMILES string of the molecule is CC(C)(C)C(=O)OCC1CCC(C(=O)C(C)(C)C)CC1.CC(C)(C)C(=O)OCC1CCCC(C(=O)C(C)(C)C)C1.CC(C)(C)C(=O)OCC1CCCCC1C(=O)C(C)(C)C. The third-order valence-corrected chi connectivity index (χ3v) is 12.0. The van der Waals surface area contributed by atoms with Gasteiger partial charge in [0, 0.05) is 39.9 Å². The fourth-order valence-corrected chi connectivity index (χ4v) is 8.02. The van der Waals surface area contributed by atoms with E-state index >= 15 is 0 Å². The molecule has 348 valence electrons. The predicted molar refractivity (Wildman–Crippen MR) is 241 cm³/mol. The van der Waals surface area contributed by atoms with Crippen molar-refractivity contribution in [3.8, 4) is 0 Å². The van der Waals surface area contributed by atoms with Crippen LogP contribution in [-0.4, -0.2) is 55.1 Å². The number of hydrogen-bond acceptors (Lipinski definition) is 9. The molecule has 0 N–H and O–H groups in total. The zero-order chi connectivity index (χ0) is 46.7. The number of carbonyl (C=O) groups is 6. The zero-order valence-electron chi connectivity index (χ0n) is 41.7. The Balaban J connectivity index is 0.000000450. The van der Waals surface area contributed by atoms with E-state index in [9.17, 15) is 28.8 Å². The van der Waals surface area contributed by atoms with Crippen LogP contribution in [0.25, 0.3) is 0 Å². The van der Waals surface area contributed by atoms with Gasteiger partial charge in [0.05, 0.1) is 36.1 Å². The molecule has 0 saturated heterocycles. The molecule has 0 aliphatic heterocycles. The summed E-state index contributed by atoms with van der Waals surface area (Å²) in [6, 6.07) is 0. The Morgan fingerprint density at radius 1 is 0.367 bits per heavy atom. The molecular formula is C51H90O9. The number of ketones is 3. The van der Waals surface area contributed by atoms with Gasteiger partial charge >= 0.3 is 17.9 Å². The monoisotopic (exact) mass is 847 g/mol. The molecule has 0 aromatic rings. The highest BCUT2D eigenvalue weighted by molar-refractivity contribution is 5.87. The van der Waals surface area contributed by atoms with Crippen LogP contribution in [0.15, 0.2) is 0 Å². The van der Waals surface area contributed by atoms with Gasteiger partial charge in [0.2, 0.25) is 0 Å². The first-order valence-corrected chi connectivity index (χ1v) is 23.2. The lowest BCUT2D eigenvalue weighted by Crippen LogP contribution is -2.38. The summed E-state index contributed by atoms with van der Waals surface area (Å²) in [5, 5.41) is 0. The van der Waals surface area contributed by atoms with Crippen LogP contribution in [0.4, 0.5) is 0 Å². The van der Waals surface area contributed by atoms with Crippen molar-refractivity contribution in [1.29, 1.82) is 0 Å². The van der Waals surface area contributed by atoms with Crippen molar-refractivity contribution in [3.63, 3.8) is 0 Å². The first-order chi connectivity index (χ1) is 27.1. The Morgan fingerprint density at radius 3 is 1.17 bits per heavy atom. The highest BCUT2D eigenvalue weighted by atomic mass is 16.5. The summed E-state index contributed by atoms with van der Waals surface area (Å²) in [5.41, 5.74) is -2.17. The molecule has 4 atom stereocenters. The van der Waals surface area contributed by atoms with Gasteiger partial charge in [-0.15, -0.1) is 0 Å². The van der Waals surface area contributed by atoms with Crippen LogP contribution in [0, 0.1) is 68.0 Å². The quantitative estimate of drug-likeness (QED) is 0.164. The first-order valence-electron chi connectivity index (χ1n) is 23.2. The maximum atomic E-state index is 12.5. The Morgan fingerprint density at radius 2 is 0.750 bits per heavy atom. The third-order valence-electron chi connectivity index (χ3n) is 12.0. The number of rotatable bonds is 9. The number of carbonyl (C=O) groups excluding carboxylic acids is 6. The van der Waals surface area contributed by atoms with Crippen molar-refractivity contribution in [1.82, 2.24) is 0 Å². The Kier molecular flexibility index (Phi) is 21.0. The van der Waals surface area contributed by atoms with E-state index in [0.29, 0.717) is 49.0 Å². The molecule has 3 rings (SSSR count). The van der Waals surface area contributed by atoms with E-state index in [1.807, 2.05) is 125 Å². The van der Waals surface area contributed by atoms with Gasteiger partial charge < -0.3 is 14.2 Å². The lowest BCUT2D eigenvalue weighted by Gasteiger charge is -2.34. The van der Waals surface area contributed by atoms with Crippen molar-refractivity contribution in [2.24, 2.45) is 68.0 Å². The van der Waals surface area contributed by atoms with E-state index in [0.717, 1.165) is 77.0 Å². The first kappa shape index (κ1) is 55.4. The molecule has 0 aromatic heterocycles. The number of Topliss-reactive ketones (excluding diaryl/α,β-unsaturated/α-hetero) is 3. The van der Waals surface area contributed by atoms with E-state index in [4.69, 9.17) is 14.2 Å². The van der Waals surface area contributed by atoms with E-state index in [1.54, 1.807) is 0 Å². The normalized spacial score (nSPS) is 24.3. The van der Waals surface area contributed by atoms with Crippen LogP contribution in [0.3, 0.4) is 0 Å². The molecule has 3 aliphatic carbocycles. The Bertz CT molecular complexity index is 1410. The molecule has 3 fully saturated rings. The second-order valence-corrected chi connectivity index (χ2v) is 24.5. The van der Waals surface area contributed by atoms with Crippen LogP contribution >= 0.6 is 0 Å². The molecule has 0 heterocycles. The van der Waals surface area contributed by atoms with Gasteiger partial charge in [-0.05, 0) is 132 Å². The number of ether oxygens (including phenoxy) is 3. The Hall–Kier alpha value is -2.58. The summed E-state index contributed by atoms with van der Waals surface area (Å²) < 4.78 is 16.2. The van der Waals surface area contributed by atoms with Crippen molar-refractivity contribution in [2.45, 2.75) is 202 Å². The van der Waals surface area contributed by atoms with E-state index in [-0.39, 0.29) is 57.8 Å². The van der Waals surface area contributed by atoms with Crippen molar-refractivity contribution >= 4 is 35.3 Å². The molecule has 9 nitrogen and oxygen atoms in total. The standard InChI is InChI=1S/3C17H30O3/c1-16(2,3)14(18)13-9-7-12(8-10-13)11-20-15(19)17(4,5)6;1-16(2,3)14(18)13-9-7-8-12(10-13)11-20-15(19)17(4,5)6;1-16(2,3)14(18)13-10-8-7-9-12(13)11-20-15(19)17(4,5)6/h3*12-13H,7-11H2,1-6H3. The van der Waals surface area contributed by atoms with E-state index in [1.165, 1.54) is 0 Å². The van der Waals surface area contributed by atoms with Crippen LogP contribution < -0.4 is 0 Å². The van der Waals surface area contributed by atoms with Crippen molar-refractivity contribution in [3.05, 3.63) is 0 Å². The maximum absolute atomic E-state index is 12.5. The van der Waals surface area contributed by atoms with E-state index < -0.39 is 16.2 Å². The summed E-state index contributed by atoms with van der Waals surface area (Å²) in [6.07, 6.45) is 12.0. The average molecular weight is 847 g/mol. The number of hydrogen-bond donors (Lipinski definition) is 0. The minimum atomic E-state index is -0.474. The van der Waals surface area contributed by atoms with Gasteiger partial charge in [-0.25, -0.2) is 0 Å². The van der Waals surface area contributed by atoms with Gasteiger partial charge in [0.25, 0.3) is 0 Å². The van der Waals surface area contributed by atoms with Gasteiger partial charge in [0.15, 0.2) is 0 Å². The minimum absolute atomic E-state index is 0.0523. The van der Waals surface area contributed by atoms with Crippen LogP contribution in [0.1, 0.15) is 202 Å². The van der Waals surface area contributed by atoms with Gasteiger partial charge in [0.1, 0.15) is 17.3 Å². The molecular weight excluding hydrogens is 757 g/mol. The second kappa shape index (κ2) is 22.7. The van der Waals surface area contributed by atoms with Crippen LogP contribution in [0.2, 0.25) is 0 Å². The molecule has 0 radical (unpaired) electrons. The summed E-state index contributed by atoms with van der Waals surface area (Å²) in [5.74, 6) is 1.93. The van der Waals surface area contributed by atoms with Crippen molar-refractivity contribution < 1.29 is 43.0 Å². The molecule has 9 heteroatoms. The predicted octanol–water partition coefficient (Wildman–Crippen LogP) is 12.0. The molecule has 0 spiro atoms. The van der Waals surface area contributed by atoms with Crippen LogP contribution in [0.5, 0.6) is 0 Å². The maximum Gasteiger partial charge on any atom is 0.311 e. The van der Waals surface area contributed by atoms with E-state index in [2.05, 4.69) is 0 Å². The fraction of sp³-hybridized carbons (Fsp3) is 0.882. The topological polar surface area (TPSA) is 130 Å². The lowest BCUT2D eigenvalue weighted by atomic mass is 9.71. The molecule has 0 amide bonds. The summed E-state index contributed by atoms with van der Waals surface area (Å²) in [6.45, 7) is 36.0. The fourth-order valence-electron chi connectivity index (χ4n) is 8.02. The molecule has 3 aliphatic rings. The molecule has 0 bridgehead atoms. The van der Waals surface area contributed by atoms with Gasteiger partial charge in [-0.3, -0.25) is 28.8 Å². The largest absolute Gasteiger partial charge is 0.465 e. The average Bonchev–Trinajstić information content (AvgIpc) is 3.12. The minimum Gasteiger partial charge on any atom is -0.465 e. The molecule has 60 heavy (non-hydrogen) atoms. The van der Waals surface area contributed by atoms with Crippen molar-refractivity contribution in [2.75, 3.05) is 19.8 Å². The number of esters is 3. The smallest absolute Gasteiger partial charge is 0.311 e. The third kappa shape index (κ3) is 19.6. The highest BCUT2D eigenvalue weighted by Gasteiger charge is 2.39. The Labute approximate surface area is 366 Å². The van der Waals surface area contributed by atoms with Gasteiger partial charge in [-0.1, -0.05) is 81.6 Å². The lowest BCUT2D eigenvalue weighted by molar-refractivity contribution is -0.157. The highest BCUT2D eigenvalue weighted by Crippen LogP contribution is 2.38. The van der Waals surface area contributed by atoms with Crippen LogP contribution in [-0.2, 0) is 43.0 Å². The zero-order valence-corrected chi connectivity index (χ0v) is 41.7. The molecule has 0 aromatic carbocycles. The molecule has 3 saturated carbocycles. The van der Waals surface area contributed by atoms with Gasteiger partial charge in [-0.2, -0.15) is 0 Å².